The Morgan fingerprint density at radius 3 is 2.43 bits per heavy atom. The highest BCUT2D eigenvalue weighted by atomic mass is 16.6. The van der Waals surface area contributed by atoms with Crippen LogP contribution < -0.4 is 0 Å². The van der Waals surface area contributed by atoms with Gasteiger partial charge in [-0.15, -0.1) is 0 Å². The van der Waals surface area contributed by atoms with Gasteiger partial charge in [0.2, 0.25) is 0 Å². The Morgan fingerprint density at radius 2 is 1.62 bits per heavy atom. The van der Waals surface area contributed by atoms with Crippen molar-refractivity contribution < 1.29 is 4.74 Å². The van der Waals surface area contributed by atoms with Crippen LogP contribution >= 0.6 is 0 Å². The fraction of sp³-hybridized carbons (Fsp3) is 1.00. The third-order valence-corrected chi connectivity index (χ3v) is 9.37. The van der Waals surface area contributed by atoms with E-state index in [9.17, 15) is 0 Å². The van der Waals surface area contributed by atoms with E-state index in [-0.39, 0.29) is 0 Å². The molecule has 0 aromatic heterocycles. The van der Waals surface area contributed by atoms with E-state index < -0.39 is 0 Å². The molecule has 4 saturated carbocycles. The second kappa shape index (κ2) is 4.08. The summed E-state index contributed by atoms with van der Waals surface area (Å²) in [4.78, 5) is 0. The van der Waals surface area contributed by atoms with Gasteiger partial charge in [0.15, 0.2) is 0 Å². The first kappa shape index (κ1) is 13.4. The predicted octanol–water partition coefficient (Wildman–Crippen LogP) is 5.19. The minimum Gasteiger partial charge on any atom is -0.369 e. The van der Waals surface area contributed by atoms with Gasteiger partial charge in [0.25, 0.3) is 0 Å². The lowest BCUT2D eigenvalue weighted by Crippen LogP contribution is -2.53. The summed E-state index contributed by atoms with van der Waals surface area (Å²) in [6.45, 7) is 6.37. The van der Waals surface area contributed by atoms with Crippen molar-refractivity contribution in [3.05, 3.63) is 0 Å². The van der Waals surface area contributed by atoms with Gasteiger partial charge in [-0.25, -0.2) is 0 Å². The molecule has 118 valence electrons. The summed E-state index contributed by atoms with van der Waals surface area (Å²) in [5.41, 5.74) is 1.57. The zero-order valence-corrected chi connectivity index (χ0v) is 14.0. The van der Waals surface area contributed by atoms with Gasteiger partial charge in [-0.3, -0.25) is 0 Å². The average molecular weight is 288 g/mol. The van der Waals surface area contributed by atoms with E-state index in [1.807, 2.05) is 0 Å². The SMILES string of the molecule is C[C@]12CCCC[C@@H]1CC[C@@H]1[C@H]2CC[C@@]2(C)[C@@H]1CC[C@@]21CO1. The van der Waals surface area contributed by atoms with Gasteiger partial charge >= 0.3 is 0 Å². The minimum absolute atomic E-state index is 0.340. The van der Waals surface area contributed by atoms with Crippen molar-refractivity contribution in [1.82, 2.24) is 0 Å². The molecule has 0 radical (unpaired) electrons. The molecule has 1 spiro atoms. The van der Waals surface area contributed by atoms with Crippen LogP contribution in [0.2, 0.25) is 0 Å². The zero-order valence-electron chi connectivity index (χ0n) is 14.0. The smallest absolute Gasteiger partial charge is 0.0972 e. The third-order valence-electron chi connectivity index (χ3n) is 9.37. The average Bonchev–Trinajstić information content (AvgIpc) is 3.20. The van der Waals surface area contributed by atoms with Gasteiger partial charge in [-0.05, 0) is 80.5 Å². The molecule has 1 saturated heterocycles. The van der Waals surface area contributed by atoms with Crippen LogP contribution in [0.5, 0.6) is 0 Å². The molecular formula is C20H32O. The van der Waals surface area contributed by atoms with Crippen molar-refractivity contribution >= 4 is 0 Å². The number of hydrogen-bond acceptors (Lipinski definition) is 1. The van der Waals surface area contributed by atoms with Gasteiger partial charge in [0.05, 0.1) is 12.2 Å². The first-order chi connectivity index (χ1) is 10.1. The topological polar surface area (TPSA) is 12.5 Å². The van der Waals surface area contributed by atoms with Crippen molar-refractivity contribution in [2.24, 2.45) is 34.5 Å². The minimum atomic E-state index is 0.340. The normalized spacial score (nSPS) is 62.0. The first-order valence-electron chi connectivity index (χ1n) is 9.73. The molecule has 0 N–H and O–H groups in total. The van der Waals surface area contributed by atoms with Crippen molar-refractivity contribution in [2.75, 3.05) is 6.61 Å². The van der Waals surface area contributed by atoms with Crippen LogP contribution in [0.1, 0.15) is 78.1 Å². The molecule has 5 aliphatic rings. The highest BCUT2D eigenvalue weighted by Crippen LogP contribution is 2.71. The largest absolute Gasteiger partial charge is 0.369 e. The summed E-state index contributed by atoms with van der Waals surface area (Å²) >= 11 is 0. The molecule has 7 atom stereocenters. The molecule has 0 bridgehead atoms. The first-order valence-corrected chi connectivity index (χ1v) is 9.73. The molecule has 1 nitrogen and oxygen atoms in total. The van der Waals surface area contributed by atoms with E-state index in [0.29, 0.717) is 16.4 Å². The Hall–Kier alpha value is -0.0400. The highest BCUT2D eigenvalue weighted by Gasteiger charge is 2.69. The van der Waals surface area contributed by atoms with Crippen LogP contribution in [0.4, 0.5) is 0 Å². The van der Waals surface area contributed by atoms with Gasteiger partial charge in [0.1, 0.15) is 0 Å². The van der Waals surface area contributed by atoms with Crippen LogP contribution in [0.25, 0.3) is 0 Å². The lowest BCUT2D eigenvalue weighted by atomic mass is 9.45. The van der Waals surface area contributed by atoms with Crippen LogP contribution in [-0.4, -0.2) is 12.2 Å². The van der Waals surface area contributed by atoms with Crippen molar-refractivity contribution in [1.29, 1.82) is 0 Å². The Balaban J connectivity index is 1.48. The Labute approximate surface area is 130 Å². The molecule has 0 unspecified atom stereocenters. The molecule has 1 aliphatic heterocycles. The maximum atomic E-state index is 6.04. The van der Waals surface area contributed by atoms with Crippen molar-refractivity contribution in [3.8, 4) is 0 Å². The van der Waals surface area contributed by atoms with Crippen molar-refractivity contribution in [3.63, 3.8) is 0 Å². The lowest BCUT2D eigenvalue weighted by molar-refractivity contribution is -0.113. The Bertz CT molecular complexity index is 453. The number of epoxide rings is 1. The predicted molar refractivity (Wildman–Crippen MR) is 85.0 cm³/mol. The molecule has 0 amide bonds. The summed E-state index contributed by atoms with van der Waals surface area (Å²) in [5.74, 6) is 4.12. The molecule has 21 heavy (non-hydrogen) atoms. The summed E-state index contributed by atoms with van der Waals surface area (Å²) in [6, 6.07) is 0. The second-order valence-corrected chi connectivity index (χ2v) is 9.68. The zero-order chi connectivity index (χ0) is 14.3. The van der Waals surface area contributed by atoms with E-state index in [4.69, 9.17) is 4.74 Å². The molecule has 5 fully saturated rings. The molecule has 5 rings (SSSR count). The van der Waals surface area contributed by atoms with Gasteiger partial charge < -0.3 is 4.74 Å². The summed E-state index contributed by atoms with van der Waals surface area (Å²) < 4.78 is 6.04. The van der Waals surface area contributed by atoms with E-state index in [2.05, 4.69) is 13.8 Å². The molecule has 4 aliphatic carbocycles. The lowest BCUT2D eigenvalue weighted by Gasteiger charge is -2.60. The summed E-state index contributed by atoms with van der Waals surface area (Å²) in [7, 11) is 0. The Morgan fingerprint density at radius 1 is 0.810 bits per heavy atom. The number of ether oxygens (including phenoxy) is 1. The van der Waals surface area contributed by atoms with E-state index >= 15 is 0 Å². The van der Waals surface area contributed by atoms with E-state index in [0.717, 1.165) is 30.3 Å². The summed E-state index contributed by atoms with van der Waals surface area (Å²) in [6.07, 6.45) is 15.0. The maximum absolute atomic E-state index is 6.04. The highest BCUT2D eigenvalue weighted by molar-refractivity contribution is 5.18. The number of rotatable bonds is 0. The van der Waals surface area contributed by atoms with Crippen LogP contribution in [0.15, 0.2) is 0 Å². The molecule has 1 heteroatoms. The van der Waals surface area contributed by atoms with Crippen LogP contribution in [0, 0.1) is 34.5 Å². The number of fused-ring (bicyclic) bond motifs is 6. The maximum Gasteiger partial charge on any atom is 0.0972 e. The fourth-order valence-electron chi connectivity index (χ4n) is 7.95. The van der Waals surface area contributed by atoms with Gasteiger partial charge in [-0.1, -0.05) is 26.7 Å². The van der Waals surface area contributed by atoms with Crippen LogP contribution in [-0.2, 0) is 4.74 Å². The monoisotopic (exact) mass is 288 g/mol. The molecular weight excluding hydrogens is 256 g/mol. The molecule has 0 aromatic carbocycles. The standard InChI is InChI=1S/C20H32O/c1-18-10-4-3-5-14(18)6-7-15-16(18)8-11-19(2)17(15)9-12-20(19)13-21-20/h14-17H,3-13H2,1-2H3/t14-,15-,16-,17-,18+,19+,20-/m1/s1. The van der Waals surface area contributed by atoms with Crippen LogP contribution in [0.3, 0.4) is 0 Å². The second-order valence-electron chi connectivity index (χ2n) is 9.68. The third kappa shape index (κ3) is 1.53. The van der Waals surface area contributed by atoms with Gasteiger partial charge in [-0.2, -0.15) is 0 Å². The Kier molecular flexibility index (Phi) is 2.60. The summed E-state index contributed by atoms with van der Waals surface area (Å²) in [5, 5.41) is 0. The fourth-order valence-corrected chi connectivity index (χ4v) is 7.95. The molecule has 0 aromatic rings. The van der Waals surface area contributed by atoms with Gasteiger partial charge in [0, 0.05) is 5.41 Å². The number of hydrogen-bond donors (Lipinski definition) is 0. The quantitative estimate of drug-likeness (QED) is 0.559. The van der Waals surface area contributed by atoms with E-state index in [1.165, 1.54) is 57.8 Å². The van der Waals surface area contributed by atoms with Crippen molar-refractivity contribution in [2.45, 2.75) is 83.7 Å². The van der Waals surface area contributed by atoms with E-state index in [1.54, 1.807) is 6.42 Å². The molecule has 1 heterocycles.